The van der Waals surface area contributed by atoms with E-state index >= 15 is 0 Å². The van der Waals surface area contributed by atoms with Crippen LogP contribution in [0, 0.1) is 71.2 Å². The van der Waals surface area contributed by atoms with Gasteiger partial charge in [0, 0.05) is 0 Å². The number of hydrogen-bond acceptors (Lipinski definition) is 0. The van der Waals surface area contributed by atoms with Crippen LogP contribution in [0.2, 0.25) is 0 Å². The van der Waals surface area contributed by atoms with Crippen LogP contribution in [-0.4, -0.2) is 91.0 Å². The molecule has 0 saturated heterocycles. The predicted octanol–water partition coefficient (Wildman–Crippen LogP) is -1.84. The van der Waals surface area contributed by atoms with Crippen molar-refractivity contribution in [3.05, 3.63) is 0 Å². The van der Waals surface area contributed by atoms with Gasteiger partial charge in [0.15, 0.2) is 0 Å². The molecule has 17 heavy (non-hydrogen) atoms. The summed E-state index contributed by atoms with van der Waals surface area (Å²) >= 11 is 0. The van der Waals surface area contributed by atoms with E-state index in [0.29, 0.717) is 0 Å². The van der Waals surface area contributed by atoms with Gasteiger partial charge >= 0.3 is 230 Å². The van der Waals surface area contributed by atoms with Crippen LogP contribution in [0.5, 0.6) is 0 Å². The minimum Gasteiger partial charge on any atom is -2.00 e. The van der Waals surface area contributed by atoms with Crippen molar-refractivity contribution >= 4 is 91.0 Å². The van der Waals surface area contributed by atoms with Gasteiger partial charge in [0.05, 0.1) is 0 Å². The van der Waals surface area contributed by atoms with E-state index in [-0.39, 0.29) is 279 Å². The monoisotopic (exact) mass is 841 g/mol. The zero-order valence-corrected chi connectivity index (χ0v) is 25.7. The maximum Gasteiger partial charge on any atom is 3.00 e. The maximum absolute atomic E-state index is 0. The first kappa shape index (κ1) is 257. The standard InChI is InChI=1S/2Co.2Cu.2La.9O.2Sr/q4*+2;2*+3;9*-2;2*+2. The molecule has 0 fully saturated rings. The number of hydrogen-bond donors (Lipinski definition) is 0. The molecule has 0 amide bonds. The van der Waals surface area contributed by atoms with Gasteiger partial charge in [-0.25, -0.2) is 0 Å². The molecule has 0 unspecified atom stereocenters. The quantitative estimate of drug-likeness (QED) is 0.244. The molecule has 9 nitrogen and oxygen atoms in total. The van der Waals surface area contributed by atoms with Gasteiger partial charge in [-0.2, -0.15) is 0 Å². The van der Waals surface area contributed by atoms with Crippen LogP contribution in [-0.2, 0) is 117 Å². The van der Waals surface area contributed by atoms with E-state index in [0.717, 1.165) is 0 Å². The second-order valence-electron chi connectivity index (χ2n) is 0. The first-order valence-electron chi connectivity index (χ1n) is 0. The average molecular weight is 842 g/mol. The summed E-state index contributed by atoms with van der Waals surface area (Å²) in [5.41, 5.74) is 0. The Labute approximate surface area is 272 Å². The van der Waals surface area contributed by atoms with Crippen molar-refractivity contribution < 1.29 is 188 Å². The molecule has 0 aliphatic heterocycles. The van der Waals surface area contributed by atoms with Gasteiger partial charge in [0.25, 0.3) is 0 Å². The van der Waals surface area contributed by atoms with Crippen molar-refractivity contribution in [2.75, 3.05) is 0 Å². The summed E-state index contributed by atoms with van der Waals surface area (Å²) < 4.78 is 0. The predicted molar refractivity (Wildman–Crippen MR) is 17.7 cm³/mol. The van der Waals surface area contributed by atoms with E-state index in [1.807, 2.05) is 0 Å². The van der Waals surface area contributed by atoms with E-state index in [1.54, 1.807) is 0 Å². The van der Waals surface area contributed by atoms with E-state index in [9.17, 15) is 0 Å². The van der Waals surface area contributed by atoms with Crippen molar-refractivity contribution in [3.8, 4) is 0 Å². The fourth-order valence-electron chi connectivity index (χ4n) is 0. The zero-order chi connectivity index (χ0) is 0. The molecule has 104 valence electrons. The van der Waals surface area contributed by atoms with Crippen molar-refractivity contribution in [2.24, 2.45) is 0 Å². The van der Waals surface area contributed by atoms with E-state index in [4.69, 9.17) is 0 Å². The Hall–Kier alpha value is 7.04. The second-order valence-corrected chi connectivity index (χ2v) is 0. The van der Waals surface area contributed by atoms with Crippen LogP contribution < -0.4 is 0 Å². The molecule has 0 N–H and O–H groups in total. The third-order valence-corrected chi connectivity index (χ3v) is 0. The van der Waals surface area contributed by atoms with Crippen molar-refractivity contribution in [3.63, 3.8) is 0 Å². The Morgan fingerprint density at radius 1 is 0.294 bits per heavy atom. The van der Waals surface area contributed by atoms with Gasteiger partial charge in [-0.05, 0) is 0 Å². The normalized spacial score (nSPS) is 0. The molecule has 0 spiro atoms. The molecule has 0 aromatic carbocycles. The summed E-state index contributed by atoms with van der Waals surface area (Å²) in [6, 6.07) is 0. The summed E-state index contributed by atoms with van der Waals surface area (Å²) in [4.78, 5) is 0. The Kier molecular flexibility index (Phi) is 3420. The zero-order valence-electron chi connectivity index (χ0n) is 7.51. The Bertz CT molecular complexity index is 33.0. The van der Waals surface area contributed by atoms with Gasteiger partial charge in [-0.15, -0.1) is 0 Å². The molecule has 17 heteroatoms. The summed E-state index contributed by atoms with van der Waals surface area (Å²) in [5.74, 6) is 0. The smallest absolute Gasteiger partial charge is 2.00 e. The molecule has 0 aromatic heterocycles. The van der Waals surface area contributed by atoms with Gasteiger partial charge in [-0.3, -0.25) is 0 Å². The third-order valence-electron chi connectivity index (χ3n) is 0. The molecule has 0 aliphatic rings. The van der Waals surface area contributed by atoms with E-state index in [2.05, 4.69) is 0 Å². The molecule has 0 heterocycles. The summed E-state index contributed by atoms with van der Waals surface area (Å²) in [5, 5.41) is 0. The largest absolute Gasteiger partial charge is 3.00 e. The molecule has 4 radical (unpaired) electrons. The Balaban J connectivity index is 0. The number of rotatable bonds is 0. The molecule has 0 bridgehead atoms. The molecule has 0 atom stereocenters. The third kappa shape index (κ3) is 206. The molecule has 0 aromatic rings. The molecule has 0 aliphatic carbocycles. The maximum atomic E-state index is 0. The molecule has 0 rings (SSSR count). The van der Waals surface area contributed by atoms with Gasteiger partial charge in [0.1, 0.15) is 0 Å². The minimum absolute atomic E-state index is 0. The van der Waals surface area contributed by atoms with Crippen LogP contribution in [0.25, 0.3) is 0 Å². The average Bonchev–Trinajstić information content (AvgIpc) is 0. The van der Waals surface area contributed by atoms with Crippen LogP contribution in [0.4, 0.5) is 0 Å². The Morgan fingerprint density at radius 3 is 0.294 bits per heavy atom. The molecular formula is Co2Cu2La2O9Sr2. The van der Waals surface area contributed by atoms with Gasteiger partial charge < -0.3 is 49.3 Å². The SMILES string of the molecule is [Co+2].[Co+2].[Cu+2].[Cu+2].[La+3].[La+3].[O-2].[O-2].[O-2].[O-2].[O-2].[O-2].[O-2].[O-2].[O-2].[Sr+2].[Sr+2]. The van der Waals surface area contributed by atoms with Crippen LogP contribution in [0.1, 0.15) is 0 Å². The van der Waals surface area contributed by atoms with Crippen LogP contribution in [0.3, 0.4) is 0 Å². The summed E-state index contributed by atoms with van der Waals surface area (Å²) in [7, 11) is 0. The van der Waals surface area contributed by atoms with Crippen molar-refractivity contribution in [2.45, 2.75) is 0 Å². The fourth-order valence-corrected chi connectivity index (χ4v) is 0. The molecule has 0 saturated carbocycles. The Morgan fingerprint density at radius 2 is 0.294 bits per heavy atom. The van der Waals surface area contributed by atoms with Crippen molar-refractivity contribution in [1.29, 1.82) is 0 Å². The first-order valence-corrected chi connectivity index (χ1v) is 0. The van der Waals surface area contributed by atoms with E-state index < -0.39 is 0 Å². The van der Waals surface area contributed by atoms with Crippen LogP contribution >= 0.6 is 0 Å². The minimum atomic E-state index is 0. The van der Waals surface area contributed by atoms with Crippen LogP contribution in [0.15, 0.2) is 0 Å². The fraction of sp³-hybridized carbons (Fsp3) is 0. The summed E-state index contributed by atoms with van der Waals surface area (Å²) in [6.45, 7) is 0. The second kappa shape index (κ2) is 226. The van der Waals surface area contributed by atoms with Gasteiger partial charge in [-0.1, -0.05) is 0 Å². The van der Waals surface area contributed by atoms with Gasteiger partial charge in [0.2, 0.25) is 0 Å². The summed E-state index contributed by atoms with van der Waals surface area (Å²) in [6.07, 6.45) is 0. The molecular weight excluding hydrogens is 842 g/mol. The van der Waals surface area contributed by atoms with Crippen molar-refractivity contribution in [1.82, 2.24) is 0 Å². The topological polar surface area (TPSA) is 256 Å². The first-order chi connectivity index (χ1) is 0. The van der Waals surface area contributed by atoms with E-state index in [1.165, 1.54) is 0 Å².